The average molecular weight is 437 g/mol. The maximum absolute atomic E-state index is 12.5. The van der Waals surface area contributed by atoms with Gasteiger partial charge in [-0.05, 0) is 41.5 Å². The van der Waals surface area contributed by atoms with Crippen molar-refractivity contribution in [3.05, 3.63) is 59.7 Å². The number of hydrogen-bond acceptors (Lipinski definition) is 4. The number of fused-ring (bicyclic) bond motifs is 3. The Morgan fingerprint density at radius 1 is 1.06 bits per heavy atom. The second-order valence-corrected chi connectivity index (χ2v) is 8.68. The molecule has 2 aromatic carbocycles. The van der Waals surface area contributed by atoms with Crippen LogP contribution in [-0.4, -0.2) is 41.3 Å². The molecule has 2 aliphatic rings. The lowest BCUT2D eigenvalue weighted by Gasteiger charge is -2.21. The minimum absolute atomic E-state index is 0.0204. The van der Waals surface area contributed by atoms with Crippen molar-refractivity contribution in [2.24, 2.45) is 0 Å². The van der Waals surface area contributed by atoms with Gasteiger partial charge in [0.1, 0.15) is 6.61 Å². The Labute approximate surface area is 187 Å². The van der Waals surface area contributed by atoms with Crippen LogP contribution in [0.2, 0.25) is 0 Å². The number of benzene rings is 2. The first-order valence-corrected chi connectivity index (χ1v) is 11.0. The number of carboxylic acid groups (broad SMARTS) is 1. The van der Waals surface area contributed by atoms with E-state index in [1.165, 1.54) is 11.1 Å². The Bertz CT molecular complexity index is 985. The van der Waals surface area contributed by atoms with Crippen molar-refractivity contribution < 1.29 is 24.2 Å². The van der Waals surface area contributed by atoms with Gasteiger partial charge in [-0.25, -0.2) is 4.79 Å². The Hall–Kier alpha value is -3.35. The molecular formula is C25H28N2O5. The largest absolute Gasteiger partial charge is 0.481 e. The molecule has 4 rings (SSSR count). The molecule has 7 heteroatoms. The van der Waals surface area contributed by atoms with Gasteiger partial charge in [-0.2, -0.15) is 0 Å². The summed E-state index contributed by atoms with van der Waals surface area (Å²) in [6, 6.07) is 15.9. The van der Waals surface area contributed by atoms with E-state index in [9.17, 15) is 14.4 Å². The number of carbonyl (C=O) groups excluding carboxylic acids is 2. The first kappa shape index (κ1) is 21.9. The number of alkyl carbamates (subject to hydrolysis) is 1. The zero-order valence-corrected chi connectivity index (χ0v) is 18.1. The van der Waals surface area contributed by atoms with Crippen LogP contribution in [0.1, 0.15) is 56.1 Å². The van der Waals surface area contributed by atoms with E-state index >= 15 is 0 Å². The zero-order chi connectivity index (χ0) is 22.7. The van der Waals surface area contributed by atoms with Crippen molar-refractivity contribution >= 4 is 18.0 Å². The molecule has 0 radical (unpaired) electrons. The molecule has 0 unspecified atom stereocenters. The number of hydrogen-bond donors (Lipinski definition) is 3. The van der Waals surface area contributed by atoms with Crippen LogP contribution in [0.5, 0.6) is 0 Å². The molecule has 0 saturated heterocycles. The van der Waals surface area contributed by atoms with E-state index in [2.05, 4.69) is 34.9 Å². The first-order valence-electron chi connectivity index (χ1n) is 11.0. The highest BCUT2D eigenvalue weighted by molar-refractivity contribution is 5.81. The molecule has 1 saturated carbocycles. The summed E-state index contributed by atoms with van der Waals surface area (Å²) in [6.45, 7) is 2.05. The molecule has 2 aliphatic carbocycles. The molecule has 0 aliphatic heterocycles. The maximum Gasteiger partial charge on any atom is 0.407 e. The lowest BCUT2D eigenvalue weighted by atomic mass is 9.98. The van der Waals surface area contributed by atoms with Gasteiger partial charge in [0.05, 0.1) is 12.0 Å². The predicted octanol–water partition coefficient (Wildman–Crippen LogP) is 3.82. The molecule has 0 bridgehead atoms. The van der Waals surface area contributed by atoms with Gasteiger partial charge in [0.25, 0.3) is 0 Å². The summed E-state index contributed by atoms with van der Waals surface area (Å²) in [5.41, 5.74) is 4.02. The van der Waals surface area contributed by atoms with Gasteiger partial charge in [0, 0.05) is 18.4 Å². The summed E-state index contributed by atoms with van der Waals surface area (Å²) >= 11 is 0. The molecule has 168 valence electrons. The number of ether oxygens (including phenoxy) is 1. The van der Waals surface area contributed by atoms with Crippen LogP contribution in [0, 0.1) is 0 Å². The third kappa shape index (κ3) is 4.77. The molecule has 32 heavy (non-hydrogen) atoms. The minimum Gasteiger partial charge on any atom is -0.481 e. The van der Waals surface area contributed by atoms with Gasteiger partial charge in [-0.1, -0.05) is 55.5 Å². The van der Waals surface area contributed by atoms with E-state index in [-0.39, 0.29) is 31.3 Å². The van der Waals surface area contributed by atoms with Crippen LogP contribution in [0.15, 0.2) is 48.5 Å². The van der Waals surface area contributed by atoms with Gasteiger partial charge in [-0.15, -0.1) is 0 Å². The molecule has 1 fully saturated rings. The third-order valence-corrected chi connectivity index (χ3v) is 6.34. The molecule has 3 N–H and O–H groups in total. The molecule has 0 aromatic heterocycles. The highest BCUT2D eigenvalue weighted by Gasteiger charge is 2.46. The highest BCUT2D eigenvalue weighted by Crippen LogP contribution is 2.44. The summed E-state index contributed by atoms with van der Waals surface area (Å²) < 4.78 is 5.59. The highest BCUT2D eigenvalue weighted by atomic mass is 16.5. The molecule has 1 atom stereocenters. The topological polar surface area (TPSA) is 105 Å². The van der Waals surface area contributed by atoms with Crippen LogP contribution >= 0.6 is 0 Å². The van der Waals surface area contributed by atoms with Crippen molar-refractivity contribution in [2.75, 3.05) is 6.61 Å². The van der Waals surface area contributed by atoms with Crippen LogP contribution in [0.4, 0.5) is 4.79 Å². The normalized spacial score (nSPS) is 16.4. The molecule has 7 nitrogen and oxygen atoms in total. The molecular weight excluding hydrogens is 408 g/mol. The quantitative estimate of drug-likeness (QED) is 0.554. The summed E-state index contributed by atoms with van der Waals surface area (Å²) in [7, 11) is 0. The Balaban J connectivity index is 1.33. The summed E-state index contributed by atoms with van der Waals surface area (Å²) in [5.74, 6) is -1.22. The van der Waals surface area contributed by atoms with E-state index in [1.54, 1.807) is 0 Å². The standard InChI is InChI=1S/C25H28N2O5/c1-2-16(13-23(29)30)26-22(28)14-25(11-12-25)27-24(31)32-15-21-19-9-5-3-7-17(19)18-8-4-6-10-20(18)21/h3-10,16,21H,2,11-15H2,1H3,(H,26,28)(H,27,31)(H,29,30)/t16-/m0/s1. The lowest BCUT2D eigenvalue weighted by Crippen LogP contribution is -2.44. The predicted molar refractivity (Wildman–Crippen MR) is 119 cm³/mol. The number of aliphatic carboxylic acids is 1. The van der Waals surface area contributed by atoms with Gasteiger partial charge in [-0.3, -0.25) is 9.59 Å². The van der Waals surface area contributed by atoms with Gasteiger partial charge in [0.2, 0.25) is 5.91 Å². The Morgan fingerprint density at radius 2 is 1.66 bits per heavy atom. The second kappa shape index (κ2) is 9.02. The molecule has 2 amide bonds. The van der Waals surface area contributed by atoms with E-state index in [1.807, 2.05) is 31.2 Å². The Morgan fingerprint density at radius 3 is 2.19 bits per heavy atom. The zero-order valence-electron chi connectivity index (χ0n) is 18.1. The lowest BCUT2D eigenvalue weighted by molar-refractivity contribution is -0.137. The average Bonchev–Trinajstić information content (AvgIpc) is 3.43. The fraction of sp³-hybridized carbons (Fsp3) is 0.400. The fourth-order valence-electron chi connectivity index (χ4n) is 4.44. The van der Waals surface area contributed by atoms with Crippen molar-refractivity contribution in [2.45, 2.75) is 56.5 Å². The van der Waals surface area contributed by atoms with Gasteiger partial charge < -0.3 is 20.5 Å². The van der Waals surface area contributed by atoms with Crippen LogP contribution < -0.4 is 10.6 Å². The smallest absolute Gasteiger partial charge is 0.407 e. The number of rotatable bonds is 9. The van der Waals surface area contributed by atoms with Crippen LogP contribution in [0.3, 0.4) is 0 Å². The number of amides is 2. The minimum atomic E-state index is -0.949. The molecule has 0 spiro atoms. The third-order valence-electron chi connectivity index (χ3n) is 6.34. The maximum atomic E-state index is 12.5. The number of carboxylic acids is 1. The van der Waals surface area contributed by atoms with E-state index < -0.39 is 23.6 Å². The first-order chi connectivity index (χ1) is 15.4. The number of carbonyl (C=O) groups is 3. The monoisotopic (exact) mass is 436 g/mol. The number of nitrogens with one attached hydrogen (secondary N) is 2. The second-order valence-electron chi connectivity index (χ2n) is 8.68. The van der Waals surface area contributed by atoms with Crippen molar-refractivity contribution in [1.29, 1.82) is 0 Å². The van der Waals surface area contributed by atoms with E-state index in [0.717, 1.165) is 11.1 Å². The van der Waals surface area contributed by atoms with Crippen molar-refractivity contribution in [3.8, 4) is 11.1 Å². The SMILES string of the molecule is CC[C@@H](CC(=O)O)NC(=O)CC1(NC(=O)OCC2c3ccccc3-c3ccccc32)CC1. The summed E-state index contributed by atoms with van der Waals surface area (Å²) in [5, 5.41) is 14.6. The Kier molecular flexibility index (Phi) is 6.17. The summed E-state index contributed by atoms with van der Waals surface area (Å²) in [6.07, 6.45) is 1.39. The van der Waals surface area contributed by atoms with Gasteiger partial charge >= 0.3 is 12.1 Å². The van der Waals surface area contributed by atoms with Crippen LogP contribution in [-0.2, 0) is 14.3 Å². The van der Waals surface area contributed by atoms with Gasteiger partial charge in [0.15, 0.2) is 0 Å². The fourth-order valence-corrected chi connectivity index (χ4v) is 4.44. The summed E-state index contributed by atoms with van der Waals surface area (Å²) in [4.78, 5) is 35.8. The van der Waals surface area contributed by atoms with Crippen LogP contribution in [0.25, 0.3) is 11.1 Å². The van der Waals surface area contributed by atoms with Crippen molar-refractivity contribution in [1.82, 2.24) is 10.6 Å². The van der Waals surface area contributed by atoms with Crippen molar-refractivity contribution in [3.63, 3.8) is 0 Å². The molecule has 0 heterocycles. The van der Waals surface area contributed by atoms with E-state index in [0.29, 0.717) is 19.3 Å². The van der Waals surface area contributed by atoms with E-state index in [4.69, 9.17) is 9.84 Å². The molecule has 2 aromatic rings.